The van der Waals surface area contributed by atoms with Crippen LogP contribution in [-0.4, -0.2) is 21.1 Å². The monoisotopic (exact) mass is 300 g/mol. The highest BCUT2D eigenvalue weighted by Gasteiger charge is 2.00. The van der Waals surface area contributed by atoms with Gasteiger partial charge in [0.05, 0.1) is 6.21 Å². The number of hydrogen-bond donors (Lipinski definition) is 1. The van der Waals surface area contributed by atoms with E-state index in [-0.39, 0.29) is 0 Å². The van der Waals surface area contributed by atoms with Gasteiger partial charge in [0.1, 0.15) is 6.33 Å². The normalized spacial score (nSPS) is 11.2. The summed E-state index contributed by atoms with van der Waals surface area (Å²) >= 11 is 6.76. The van der Waals surface area contributed by atoms with Crippen LogP contribution in [0.15, 0.2) is 53.9 Å². The summed E-state index contributed by atoms with van der Waals surface area (Å²) in [5.41, 5.74) is 1.31. The summed E-state index contributed by atoms with van der Waals surface area (Å²) in [6, 6.07) is 14.6. The summed E-state index contributed by atoms with van der Waals surface area (Å²) in [7, 11) is 0. The smallest absolute Gasteiger partial charge is 0.216 e. The highest BCUT2D eigenvalue weighted by Crippen LogP contribution is 2.18. The van der Waals surface area contributed by atoms with E-state index >= 15 is 0 Å². The van der Waals surface area contributed by atoms with Gasteiger partial charge in [-0.25, -0.2) is 0 Å². The molecule has 0 saturated heterocycles. The molecule has 1 aromatic carbocycles. The van der Waals surface area contributed by atoms with Crippen LogP contribution in [0.4, 0.5) is 0 Å². The minimum absolute atomic E-state index is 0.488. The second-order valence-corrected chi connectivity index (χ2v) is 5.80. The van der Waals surface area contributed by atoms with Gasteiger partial charge in [0.25, 0.3) is 0 Å². The summed E-state index contributed by atoms with van der Waals surface area (Å²) in [5, 5.41) is 10.7. The maximum absolute atomic E-state index is 5.03. The molecule has 0 saturated carbocycles. The number of H-pyrrole nitrogens is 1. The molecule has 0 aliphatic rings. The molecule has 100 valence electrons. The van der Waals surface area contributed by atoms with Crippen molar-refractivity contribution in [3.05, 3.63) is 68.9 Å². The molecule has 0 radical (unpaired) electrons. The predicted molar refractivity (Wildman–Crippen MR) is 84.0 cm³/mol. The third kappa shape index (κ3) is 3.09. The molecule has 6 heteroatoms. The lowest BCUT2D eigenvalue weighted by atomic mass is 10.1. The zero-order valence-corrected chi connectivity index (χ0v) is 12.2. The molecule has 0 unspecified atom stereocenters. The lowest BCUT2D eigenvalue weighted by Crippen LogP contribution is -1.86. The van der Waals surface area contributed by atoms with Crippen molar-refractivity contribution in [2.24, 2.45) is 5.10 Å². The Hall–Kier alpha value is -2.05. The van der Waals surface area contributed by atoms with Gasteiger partial charge in [-0.1, -0.05) is 30.3 Å². The predicted octanol–water partition coefficient (Wildman–Crippen LogP) is 3.48. The Morgan fingerprint density at radius 2 is 2.10 bits per heavy atom. The van der Waals surface area contributed by atoms with Crippen LogP contribution in [0.3, 0.4) is 0 Å². The Kier molecular flexibility index (Phi) is 3.85. The first kappa shape index (κ1) is 13.0. The molecule has 4 nitrogen and oxygen atoms in total. The van der Waals surface area contributed by atoms with Crippen LogP contribution in [0.1, 0.15) is 15.3 Å². The largest absolute Gasteiger partial charge is 0.250 e. The van der Waals surface area contributed by atoms with Gasteiger partial charge in [-0.2, -0.15) is 14.9 Å². The van der Waals surface area contributed by atoms with Crippen LogP contribution in [0.25, 0.3) is 0 Å². The van der Waals surface area contributed by atoms with Gasteiger partial charge in [-0.05, 0) is 29.9 Å². The maximum atomic E-state index is 5.03. The number of rotatable bonds is 4. The van der Waals surface area contributed by atoms with E-state index in [1.807, 2.05) is 6.07 Å². The summed E-state index contributed by atoms with van der Waals surface area (Å²) < 4.78 is 2.02. The highest BCUT2D eigenvalue weighted by atomic mass is 32.1. The van der Waals surface area contributed by atoms with Crippen molar-refractivity contribution < 1.29 is 0 Å². The molecular weight excluding hydrogens is 288 g/mol. The molecule has 0 aliphatic heterocycles. The van der Waals surface area contributed by atoms with E-state index in [0.717, 1.165) is 11.3 Å². The van der Waals surface area contributed by atoms with Gasteiger partial charge in [-0.3, -0.25) is 5.10 Å². The molecule has 2 heterocycles. The highest BCUT2D eigenvalue weighted by molar-refractivity contribution is 7.71. The van der Waals surface area contributed by atoms with Crippen LogP contribution in [0, 0.1) is 4.77 Å². The van der Waals surface area contributed by atoms with Crippen LogP contribution < -0.4 is 0 Å². The van der Waals surface area contributed by atoms with Crippen molar-refractivity contribution >= 4 is 29.8 Å². The van der Waals surface area contributed by atoms with Gasteiger partial charge < -0.3 is 0 Å². The second-order valence-electron chi connectivity index (χ2n) is 4.22. The van der Waals surface area contributed by atoms with Gasteiger partial charge in [0.15, 0.2) is 0 Å². The Balaban J connectivity index is 1.73. The summed E-state index contributed by atoms with van der Waals surface area (Å²) in [6.45, 7) is 0. The van der Waals surface area contributed by atoms with Crippen molar-refractivity contribution in [2.45, 2.75) is 6.42 Å². The van der Waals surface area contributed by atoms with E-state index in [1.165, 1.54) is 15.1 Å². The summed E-state index contributed by atoms with van der Waals surface area (Å²) in [4.78, 5) is 2.41. The molecule has 20 heavy (non-hydrogen) atoms. The molecule has 0 amide bonds. The first-order valence-electron chi connectivity index (χ1n) is 6.10. The van der Waals surface area contributed by atoms with Crippen LogP contribution >= 0.6 is 23.6 Å². The molecular formula is C14H12N4S2. The van der Waals surface area contributed by atoms with Gasteiger partial charge in [0, 0.05) is 16.2 Å². The lowest BCUT2D eigenvalue weighted by molar-refractivity contribution is 0.863. The number of thiophene rings is 1. The molecule has 2 aromatic heterocycles. The third-order valence-electron chi connectivity index (χ3n) is 2.75. The molecule has 0 spiro atoms. The maximum Gasteiger partial charge on any atom is 0.216 e. The standard InChI is InChI=1S/C14H12N4S2/c19-14-17-15-10-18(14)16-9-13-7-6-12(20-13)8-11-4-2-1-3-5-11/h1-7,9-10H,8H2,(H,17,19)/b16-9+. The summed E-state index contributed by atoms with van der Waals surface area (Å²) in [6.07, 6.45) is 4.30. The fraction of sp³-hybridized carbons (Fsp3) is 0.0714. The minimum atomic E-state index is 0.488. The Bertz CT molecular complexity index is 768. The van der Waals surface area contributed by atoms with E-state index in [9.17, 15) is 0 Å². The molecule has 0 bridgehead atoms. The molecule has 3 rings (SSSR count). The Morgan fingerprint density at radius 3 is 2.85 bits per heavy atom. The SMILES string of the molecule is S=c1[nH]ncn1/N=C/c1ccc(Cc2ccccc2)s1. The van der Waals surface area contributed by atoms with Crippen LogP contribution in [-0.2, 0) is 6.42 Å². The molecule has 3 aromatic rings. The topological polar surface area (TPSA) is 46.0 Å². The molecule has 0 fully saturated rings. The fourth-order valence-corrected chi connectivity index (χ4v) is 2.86. The Morgan fingerprint density at radius 1 is 1.25 bits per heavy atom. The second kappa shape index (κ2) is 5.94. The number of aromatic nitrogens is 3. The lowest BCUT2D eigenvalue weighted by Gasteiger charge is -1.96. The van der Waals surface area contributed by atoms with E-state index in [4.69, 9.17) is 12.2 Å². The number of nitrogens with one attached hydrogen (secondary N) is 1. The van der Waals surface area contributed by atoms with Crippen molar-refractivity contribution in [1.29, 1.82) is 0 Å². The van der Waals surface area contributed by atoms with Gasteiger partial charge in [-0.15, -0.1) is 11.3 Å². The van der Waals surface area contributed by atoms with Crippen LogP contribution in [0.2, 0.25) is 0 Å². The quantitative estimate of drug-likeness (QED) is 0.592. The van der Waals surface area contributed by atoms with E-state index in [0.29, 0.717) is 4.77 Å². The van der Waals surface area contributed by atoms with E-state index in [1.54, 1.807) is 23.9 Å². The van der Waals surface area contributed by atoms with Gasteiger partial charge >= 0.3 is 0 Å². The first-order chi connectivity index (χ1) is 9.81. The van der Waals surface area contributed by atoms with Crippen LogP contribution in [0.5, 0.6) is 0 Å². The van der Waals surface area contributed by atoms with Gasteiger partial charge in [0.2, 0.25) is 4.77 Å². The average molecular weight is 300 g/mol. The number of aromatic amines is 1. The van der Waals surface area contributed by atoms with Crippen molar-refractivity contribution in [3.8, 4) is 0 Å². The minimum Gasteiger partial charge on any atom is -0.250 e. The van der Waals surface area contributed by atoms with Crippen molar-refractivity contribution in [1.82, 2.24) is 14.9 Å². The van der Waals surface area contributed by atoms with Crippen molar-refractivity contribution in [3.63, 3.8) is 0 Å². The fourth-order valence-electron chi connectivity index (χ4n) is 1.80. The van der Waals surface area contributed by atoms with E-state index in [2.05, 4.69) is 51.7 Å². The molecule has 1 N–H and O–H groups in total. The zero-order valence-electron chi connectivity index (χ0n) is 10.6. The van der Waals surface area contributed by atoms with E-state index < -0.39 is 0 Å². The van der Waals surface area contributed by atoms with Crippen molar-refractivity contribution in [2.75, 3.05) is 0 Å². The zero-order chi connectivity index (χ0) is 13.8. The third-order valence-corrected chi connectivity index (χ3v) is 4.05. The number of hydrogen-bond acceptors (Lipinski definition) is 4. The summed E-state index contributed by atoms with van der Waals surface area (Å²) in [5.74, 6) is 0. The molecule has 0 aliphatic carbocycles. The number of nitrogens with zero attached hydrogens (tertiary/aromatic N) is 3. The average Bonchev–Trinajstić information content (AvgIpc) is 3.07. The first-order valence-corrected chi connectivity index (χ1v) is 7.33. The molecule has 0 atom stereocenters. The Labute approximate surface area is 125 Å². The number of benzene rings is 1.